The van der Waals surface area contributed by atoms with E-state index in [0.717, 1.165) is 13.0 Å². The first-order chi connectivity index (χ1) is 7.81. The van der Waals surface area contributed by atoms with E-state index in [1.54, 1.807) is 0 Å². The van der Waals surface area contributed by atoms with Crippen LogP contribution in [0.4, 0.5) is 0 Å². The summed E-state index contributed by atoms with van der Waals surface area (Å²) in [6.07, 6.45) is 4.09. The molecular weight excluding hydrogens is 198 g/mol. The van der Waals surface area contributed by atoms with E-state index in [9.17, 15) is 4.79 Å². The van der Waals surface area contributed by atoms with Gasteiger partial charge in [-0.2, -0.15) is 0 Å². The van der Waals surface area contributed by atoms with Crippen LogP contribution in [-0.4, -0.2) is 12.5 Å². The Morgan fingerprint density at radius 3 is 3.06 bits per heavy atom. The Labute approximate surface area is 97.1 Å². The number of rotatable bonds is 4. The highest BCUT2D eigenvalue weighted by Crippen LogP contribution is 2.34. The van der Waals surface area contributed by atoms with Crippen molar-refractivity contribution < 1.29 is 4.79 Å². The molecule has 2 nitrogen and oxygen atoms in total. The lowest BCUT2D eigenvalue weighted by Gasteiger charge is -2.11. The highest BCUT2D eigenvalue weighted by molar-refractivity contribution is 5.75. The minimum atomic E-state index is 0.159. The zero-order valence-corrected chi connectivity index (χ0v) is 9.83. The Morgan fingerprint density at radius 2 is 2.25 bits per heavy atom. The Balaban J connectivity index is 1.86. The van der Waals surface area contributed by atoms with Crippen molar-refractivity contribution in [1.82, 2.24) is 5.32 Å². The van der Waals surface area contributed by atoms with Crippen LogP contribution in [-0.2, 0) is 11.2 Å². The number of hydrogen-bond donors (Lipinski definition) is 1. The van der Waals surface area contributed by atoms with Gasteiger partial charge in [0, 0.05) is 13.0 Å². The molecule has 0 saturated carbocycles. The summed E-state index contributed by atoms with van der Waals surface area (Å²) in [7, 11) is 0. The average Bonchev–Trinajstić information content (AvgIpc) is 2.73. The molecule has 0 fully saturated rings. The molecule has 1 aromatic carbocycles. The van der Waals surface area contributed by atoms with Crippen molar-refractivity contribution >= 4 is 5.91 Å². The second-order valence-corrected chi connectivity index (χ2v) is 4.43. The lowest BCUT2D eigenvalue weighted by molar-refractivity contribution is -0.120. The molecule has 86 valence electrons. The van der Waals surface area contributed by atoms with Gasteiger partial charge in [0.2, 0.25) is 5.91 Å². The van der Waals surface area contributed by atoms with Gasteiger partial charge in [0.1, 0.15) is 0 Å². The fourth-order valence-electron chi connectivity index (χ4n) is 2.46. The first-order valence-corrected chi connectivity index (χ1v) is 6.15. The van der Waals surface area contributed by atoms with Crippen LogP contribution in [0.5, 0.6) is 0 Å². The maximum atomic E-state index is 11.1. The average molecular weight is 217 g/mol. The monoisotopic (exact) mass is 217 g/mol. The fourth-order valence-corrected chi connectivity index (χ4v) is 2.46. The predicted octanol–water partition coefficient (Wildman–Crippen LogP) is 2.63. The number of amides is 1. The van der Waals surface area contributed by atoms with Gasteiger partial charge in [-0.3, -0.25) is 4.79 Å². The number of carbonyl (C=O) groups excluding carboxylic acids is 1. The molecule has 0 radical (unpaired) electrons. The standard InChI is InChI=1S/C14H19NO/c1-2-14(16)15-10-9-12-8-7-11-5-3-4-6-13(11)12/h3-6,12H,2,7-10H2,1H3,(H,15,16)/t12-/m0/s1. The van der Waals surface area contributed by atoms with Gasteiger partial charge in [0.05, 0.1) is 0 Å². The number of carbonyl (C=O) groups is 1. The number of hydrogen-bond acceptors (Lipinski definition) is 1. The van der Waals surface area contributed by atoms with E-state index in [4.69, 9.17) is 0 Å². The highest BCUT2D eigenvalue weighted by atomic mass is 16.1. The van der Waals surface area contributed by atoms with Gasteiger partial charge in [-0.15, -0.1) is 0 Å². The van der Waals surface area contributed by atoms with Crippen molar-refractivity contribution in [2.75, 3.05) is 6.54 Å². The summed E-state index contributed by atoms with van der Waals surface area (Å²) in [6.45, 7) is 2.70. The summed E-state index contributed by atoms with van der Waals surface area (Å²) in [5.41, 5.74) is 2.99. The van der Waals surface area contributed by atoms with Crippen molar-refractivity contribution in [1.29, 1.82) is 0 Å². The molecule has 0 bridgehead atoms. The Kier molecular flexibility index (Phi) is 3.60. The summed E-state index contributed by atoms with van der Waals surface area (Å²) >= 11 is 0. The van der Waals surface area contributed by atoms with Crippen LogP contribution in [0.25, 0.3) is 0 Å². The molecule has 0 saturated heterocycles. The third-order valence-electron chi connectivity index (χ3n) is 3.39. The molecule has 0 heterocycles. The lowest BCUT2D eigenvalue weighted by Crippen LogP contribution is -2.24. The van der Waals surface area contributed by atoms with Crippen LogP contribution in [0.15, 0.2) is 24.3 Å². The molecule has 2 heteroatoms. The third kappa shape index (κ3) is 2.43. The van der Waals surface area contributed by atoms with Crippen LogP contribution in [0, 0.1) is 0 Å². The van der Waals surface area contributed by atoms with E-state index < -0.39 is 0 Å². The molecule has 2 rings (SSSR count). The molecule has 0 aromatic heterocycles. The molecule has 16 heavy (non-hydrogen) atoms. The SMILES string of the molecule is CCC(=O)NCC[C@@H]1CCc2ccccc21. The number of nitrogens with one attached hydrogen (secondary N) is 1. The van der Waals surface area contributed by atoms with Gasteiger partial charge < -0.3 is 5.32 Å². The van der Waals surface area contributed by atoms with E-state index in [2.05, 4.69) is 29.6 Å². The molecule has 0 aliphatic heterocycles. The number of fused-ring (bicyclic) bond motifs is 1. The van der Waals surface area contributed by atoms with Gasteiger partial charge in [-0.25, -0.2) is 0 Å². The molecule has 1 aromatic rings. The molecule has 1 aliphatic rings. The summed E-state index contributed by atoms with van der Waals surface area (Å²) in [5, 5.41) is 2.95. The maximum absolute atomic E-state index is 11.1. The third-order valence-corrected chi connectivity index (χ3v) is 3.39. The van der Waals surface area contributed by atoms with Crippen LogP contribution >= 0.6 is 0 Å². The van der Waals surface area contributed by atoms with Crippen molar-refractivity contribution in [3.63, 3.8) is 0 Å². The summed E-state index contributed by atoms with van der Waals surface area (Å²) in [4.78, 5) is 11.1. The zero-order valence-electron chi connectivity index (χ0n) is 9.83. The second kappa shape index (κ2) is 5.15. The molecule has 0 unspecified atom stereocenters. The van der Waals surface area contributed by atoms with Gasteiger partial charge >= 0.3 is 0 Å². The van der Waals surface area contributed by atoms with E-state index in [-0.39, 0.29) is 5.91 Å². The highest BCUT2D eigenvalue weighted by Gasteiger charge is 2.21. The molecule has 1 N–H and O–H groups in total. The minimum absolute atomic E-state index is 0.159. The largest absolute Gasteiger partial charge is 0.356 e. The zero-order chi connectivity index (χ0) is 11.4. The minimum Gasteiger partial charge on any atom is -0.356 e. The van der Waals surface area contributed by atoms with Gasteiger partial charge in [-0.1, -0.05) is 31.2 Å². The smallest absolute Gasteiger partial charge is 0.219 e. The maximum Gasteiger partial charge on any atom is 0.219 e. The van der Waals surface area contributed by atoms with E-state index >= 15 is 0 Å². The fraction of sp³-hybridized carbons (Fsp3) is 0.500. The van der Waals surface area contributed by atoms with E-state index in [1.165, 1.54) is 24.0 Å². The number of aryl methyl sites for hydroxylation is 1. The van der Waals surface area contributed by atoms with Crippen LogP contribution in [0.1, 0.15) is 43.2 Å². The van der Waals surface area contributed by atoms with Gasteiger partial charge in [-0.05, 0) is 36.3 Å². The Hall–Kier alpha value is -1.31. The quantitative estimate of drug-likeness (QED) is 0.825. The number of benzene rings is 1. The summed E-state index contributed by atoms with van der Waals surface area (Å²) < 4.78 is 0. The first kappa shape index (κ1) is 11.2. The topological polar surface area (TPSA) is 29.1 Å². The van der Waals surface area contributed by atoms with Crippen molar-refractivity contribution in [2.24, 2.45) is 0 Å². The molecule has 1 atom stereocenters. The Bertz CT molecular complexity index is 373. The van der Waals surface area contributed by atoms with Crippen molar-refractivity contribution in [3.8, 4) is 0 Å². The van der Waals surface area contributed by atoms with E-state index in [1.807, 2.05) is 6.92 Å². The lowest BCUT2D eigenvalue weighted by atomic mass is 9.98. The van der Waals surface area contributed by atoms with E-state index in [0.29, 0.717) is 12.3 Å². The van der Waals surface area contributed by atoms with Gasteiger partial charge in [0.15, 0.2) is 0 Å². The predicted molar refractivity (Wildman–Crippen MR) is 65.4 cm³/mol. The molecular formula is C14H19NO. The van der Waals surface area contributed by atoms with Crippen LogP contribution < -0.4 is 5.32 Å². The Morgan fingerprint density at radius 1 is 1.44 bits per heavy atom. The molecule has 1 aliphatic carbocycles. The van der Waals surface area contributed by atoms with Crippen molar-refractivity contribution in [2.45, 2.75) is 38.5 Å². The molecule has 0 spiro atoms. The second-order valence-electron chi connectivity index (χ2n) is 4.43. The molecule has 1 amide bonds. The van der Waals surface area contributed by atoms with Crippen LogP contribution in [0.3, 0.4) is 0 Å². The normalized spacial score (nSPS) is 18.2. The summed E-state index contributed by atoms with van der Waals surface area (Å²) in [6, 6.07) is 8.68. The van der Waals surface area contributed by atoms with Crippen molar-refractivity contribution in [3.05, 3.63) is 35.4 Å². The summed E-state index contributed by atoms with van der Waals surface area (Å²) in [5.74, 6) is 0.805. The van der Waals surface area contributed by atoms with Crippen LogP contribution in [0.2, 0.25) is 0 Å². The first-order valence-electron chi connectivity index (χ1n) is 6.15. The van der Waals surface area contributed by atoms with Gasteiger partial charge in [0.25, 0.3) is 0 Å².